The Kier molecular flexibility index (Phi) is 5.02. The van der Waals surface area contributed by atoms with Crippen molar-refractivity contribution < 1.29 is 8.42 Å². The van der Waals surface area contributed by atoms with E-state index in [1.165, 1.54) is 0 Å². The van der Waals surface area contributed by atoms with Crippen LogP contribution in [-0.4, -0.2) is 44.7 Å². The van der Waals surface area contributed by atoms with Gasteiger partial charge in [0.05, 0.1) is 5.75 Å². The number of rotatable bonds is 5. The number of nitrogens with one attached hydrogen (secondary N) is 1. The molecule has 5 heteroatoms. The van der Waals surface area contributed by atoms with Gasteiger partial charge in [-0.3, -0.25) is 0 Å². The molecule has 1 aliphatic rings. The summed E-state index contributed by atoms with van der Waals surface area (Å²) >= 11 is 0. The van der Waals surface area contributed by atoms with E-state index >= 15 is 0 Å². The molecule has 4 nitrogen and oxygen atoms in total. The first-order chi connectivity index (χ1) is 7.11. The van der Waals surface area contributed by atoms with Gasteiger partial charge in [-0.25, -0.2) is 8.42 Å². The minimum Gasteiger partial charge on any atom is -0.320 e. The lowest BCUT2D eigenvalue weighted by Crippen LogP contribution is -2.45. The van der Waals surface area contributed by atoms with Gasteiger partial charge in [-0.15, -0.1) is 0 Å². The van der Waals surface area contributed by atoms with E-state index in [-0.39, 0.29) is 11.8 Å². The molecular formula is C10H22N2O2S. The molecule has 1 unspecified atom stereocenters. The van der Waals surface area contributed by atoms with Crippen molar-refractivity contribution in [3.8, 4) is 0 Å². The van der Waals surface area contributed by atoms with Crippen LogP contribution >= 0.6 is 0 Å². The number of hydrogen-bond donors (Lipinski definition) is 1. The fourth-order valence-electron chi connectivity index (χ4n) is 2.11. The molecule has 0 spiro atoms. The fraction of sp³-hybridized carbons (Fsp3) is 1.00. The topological polar surface area (TPSA) is 49.4 Å². The summed E-state index contributed by atoms with van der Waals surface area (Å²) in [5.41, 5.74) is 0. The van der Waals surface area contributed by atoms with Crippen LogP contribution in [0.1, 0.15) is 32.6 Å². The monoisotopic (exact) mass is 234 g/mol. The number of hydrogen-bond acceptors (Lipinski definition) is 3. The Hall–Kier alpha value is -0.130. The largest absolute Gasteiger partial charge is 0.320 e. The van der Waals surface area contributed by atoms with E-state index in [2.05, 4.69) is 5.32 Å². The van der Waals surface area contributed by atoms with Gasteiger partial charge in [0.2, 0.25) is 10.0 Å². The zero-order chi connectivity index (χ0) is 11.3. The number of sulfonamides is 1. The summed E-state index contributed by atoms with van der Waals surface area (Å²) in [4.78, 5) is 0. The third kappa shape index (κ3) is 3.43. The molecule has 1 N–H and O–H groups in total. The van der Waals surface area contributed by atoms with Crippen LogP contribution in [-0.2, 0) is 10.0 Å². The number of piperidine rings is 1. The molecule has 90 valence electrons. The normalized spacial score (nSPS) is 24.3. The average Bonchev–Trinajstić information content (AvgIpc) is 2.26. The quantitative estimate of drug-likeness (QED) is 0.765. The highest BCUT2D eigenvalue weighted by Gasteiger charge is 2.30. The van der Waals surface area contributed by atoms with Gasteiger partial charge < -0.3 is 5.32 Å². The van der Waals surface area contributed by atoms with Gasteiger partial charge in [0, 0.05) is 12.6 Å². The van der Waals surface area contributed by atoms with Crippen molar-refractivity contribution in [3.05, 3.63) is 0 Å². The van der Waals surface area contributed by atoms with Crippen molar-refractivity contribution in [2.75, 3.05) is 25.9 Å². The molecule has 1 aliphatic heterocycles. The molecule has 0 aliphatic carbocycles. The van der Waals surface area contributed by atoms with Gasteiger partial charge in [0.1, 0.15) is 0 Å². The molecule has 1 fully saturated rings. The summed E-state index contributed by atoms with van der Waals surface area (Å²) in [7, 11) is -1.09. The van der Waals surface area contributed by atoms with Crippen molar-refractivity contribution in [3.63, 3.8) is 0 Å². The maximum atomic E-state index is 11.8. The lowest BCUT2D eigenvalue weighted by molar-refractivity contribution is 0.241. The summed E-state index contributed by atoms with van der Waals surface area (Å²) in [5, 5.41) is 3.08. The second-order valence-electron chi connectivity index (χ2n) is 4.05. The molecular weight excluding hydrogens is 212 g/mol. The predicted molar refractivity (Wildman–Crippen MR) is 62.3 cm³/mol. The molecule has 15 heavy (non-hydrogen) atoms. The lowest BCUT2D eigenvalue weighted by atomic mass is 10.0. The zero-order valence-electron chi connectivity index (χ0n) is 9.70. The number of nitrogens with zero attached hydrogens (tertiary/aromatic N) is 1. The maximum absolute atomic E-state index is 11.8. The molecule has 0 aromatic heterocycles. The standard InChI is InChI=1S/C10H22N2O2S/c1-3-15(13,14)12-9-5-4-6-10(12)7-8-11-2/h10-11H,3-9H2,1-2H3. The summed E-state index contributed by atoms with van der Waals surface area (Å²) in [6, 6.07) is 0.219. The SMILES string of the molecule is CCS(=O)(=O)N1CCCCC1CCNC. The Morgan fingerprint density at radius 3 is 2.73 bits per heavy atom. The molecule has 1 atom stereocenters. The molecule has 0 saturated carbocycles. The maximum Gasteiger partial charge on any atom is 0.214 e. The van der Waals surface area contributed by atoms with E-state index in [9.17, 15) is 8.42 Å². The zero-order valence-corrected chi connectivity index (χ0v) is 10.5. The van der Waals surface area contributed by atoms with Gasteiger partial charge in [-0.2, -0.15) is 4.31 Å². The van der Waals surface area contributed by atoms with Gasteiger partial charge in [0.15, 0.2) is 0 Å². The Morgan fingerprint density at radius 1 is 1.40 bits per heavy atom. The highest BCUT2D eigenvalue weighted by molar-refractivity contribution is 7.89. The lowest BCUT2D eigenvalue weighted by Gasteiger charge is -2.34. The highest BCUT2D eigenvalue weighted by atomic mass is 32.2. The Balaban J connectivity index is 2.65. The van der Waals surface area contributed by atoms with Crippen LogP contribution in [0.5, 0.6) is 0 Å². The van der Waals surface area contributed by atoms with Gasteiger partial charge in [-0.05, 0) is 39.8 Å². The van der Waals surface area contributed by atoms with E-state index in [0.29, 0.717) is 6.54 Å². The van der Waals surface area contributed by atoms with Gasteiger partial charge >= 0.3 is 0 Å². The second-order valence-corrected chi connectivity index (χ2v) is 6.26. The molecule has 1 rings (SSSR count). The van der Waals surface area contributed by atoms with Crippen molar-refractivity contribution in [1.29, 1.82) is 0 Å². The summed E-state index contributed by atoms with van der Waals surface area (Å²) < 4.78 is 25.4. The average molecular weight is 234 g/mol. The Labute approximate surface area is 93.1 Å². The molecule has 0 aromatic rings. The Bertz CT molecular complexity index is 277. The van der Waals surface area contributed by atoms with Crippen molar-refractivity contribution in [2.24, 2.45) is 0 Å². The van der Waals surface area contributed by atoms with E-state index in [0.717, 1.165) is 32.2 Å². The molecule has 0 bridgehead atoms. The minimum absolute atomic E-state index is 0.219. The van der Waals surface area contributed by atoms with Gasteiger partial charge in [0.25, 0.3) is 0 Å². The van der Waals surface area contributed by atoms with Crippen LogP contribution in [0.25, 0.3) is 0 Å². The predicted octanol–water partition coefficient (Wildman–Crippen LogP) is 0.800. The minimum atomic E-state index is -3.00. The first kappa shape index (κ1) is 12.9. The van der Waals surface area contributed by atoms with E-state index in [4.69, 9.17) is 0 Å². The van der Waals surface area contributed by atoms with Crippen LogP contribution < -0.4 is 5.32 Å². The van der Waals surface area contributed by atoms with Crippen LogP contribution in [0.3, 0.4) is 0 Å². The fourth-order valence-corrected chi connectivity index (χ4v) is 3.51. The van der Waals surface area contributed by atoms with Crippen molar-refractivity contribution in [2.45, 2.75) is 38.6 Å². The molecule has 0 aromatic carbocycles. The van der Waals surface area contributed by atoms with Crippen LogP contribution in [0.4, 0.5) is 0 Å². The third-order valence-electron chi connectivity index (χ3n) is 3.02. The molecule has 1 heterocycles. The smallest absolute Gasteiger partial charge is 0.214 e. The third-order valence-corrected chi connectivity index (χ3v) is 4.95. The van der Waals surface area contributed by atoms with Crippen LogP contribution in [0.15, 0.2) is 0 Å². The highest BCUT2D eigenvalue weighted by Crippen LogP contribution is 2.22. The molecule has 0 radical (unpaired) electrons. The summed E-state index contributed by atoms with van der Waals surface area (Å²) in [6.07, 6.45) is 4.11. The molecule has 1 saturated heterocycles. The Morgan fingerprint density at radius 2 is 2.13 bits per heavy atom. The first-order valence-corrected chi connectivity index (χ1v) is 7.37. The first-order valence-electron chi connectivity index (χ1n) is 5.76. The van der Waals surface area contributed by atoms with Crippen molar-refractivity contribution >= 4 is 10.0 Å². The van der Waals surface area contributed by atoms with Gasteiger partial charge in [-0.1, -0.05) is 6.42 Å². The summed E-state index contributed by atoms with van der Waals surface area (Å²) in [6.45, 7) is 3.32. The second kappa shape index (κ2) is 5.82. The summed E-state index contributed by atoms with van der Waals surface area (Å²) in [5.74, 6) is 0.225. The van der Waals surface area contributed by atoms with Crippen LogP contribution in [0, 0.1) is 0 Å². The van der Waals surface area contributed by atoms with E-state index in [1.54, 1.807) is 11.2 Å². The van der Waals surface area contributed by atoms with Crippen LogP contribution in [0.2, 0.25) is 0 Å². The van der Waals surface area contributed by atoms with E-state index in [1.807, 2.05) is 7.05 Å². The van der Waals surface area contributed by atoms with E-state index < -0.39 is 10.0 Å². The van der Waals surface area contributed by atoms with Crippen molar-refractivity contribution in [1.82, 2.24) is 9.62 Å². The molecule has 0 amide bonds.